The van der Waals surface area contributed by atoms with E-state index in [1.165, 1.54) is 11.6 Å². The van der Waals surface area contributed by atoms with Crippen molar-refractivity contribution < 1.29 is 9.90 Å². The summed E-state index contributed by atoms with van der Waals surface area (Å²) in [6.07, 6.45) is 3.85. The van der Waals surface area contributed by atoms with Crippen molar-refractivity contribution in [2.24, 2.45) is 0 Å². The number of aliphatic hydroxyl groups is 1. The number of nitrogens with one attached hydrogen (secondary N) is 1. The van der Waals surface area contributed by atoms with Crippen molar-refractivity contribution in [2.45, 2.75) is 32.8 Å². The van der Waals surface area contributed by atoms with E-state index in [4.69, 9.17) is 0 Å². The molecule has 0 aromatic heterocycles. The summed E-state index contributed by atoms with van der Waals surface area (Å²) in [5.74, 6) is -0.190. The molecule has 1 atom stereocenters. The second kappa shape index (κ2) is 6.36. The lowest BCUT2D eigenvalue weighted by Crippen LogP contribution is -2.39. The SMILES string of the molecule is CCC(C)(O)CNC(=O)C=Cc1ccc(C)cc1. The number of aryl methyl sites for hydroxylation is 1. The molecule has 1 aromatic rings. The van der Waals surface area contributed by atoms with E-state index >= 15 is 0 Å². The van der Waals surface area contributed by atoms with Gasteiger partial charge in [0, 0.05) is 12.6 Å². The molecule has 2 N–H and O–H groups in total. The fraction of sp³-hybridized carbons (Fsp3) is 0.400. The molecule has 1 unspecified atom stereocenters. The molecule has 0 spiro atoms. The molecule has 0 heterocycles. The highest BCUT2D eigenvalue weighted by Crippen LogP contribution is 2.06. The maximum atomic E-state index is 11.5. The summed E-state index contributed by atoms with van der Waals surface area (Å²) in [7, 11) is 0. The third kappa shape index (κ3) is 5.15. The Hall–Kier alpha value is -1.61. The third-order valence-electron chi connectivity index (χ3n) is 2.91. The van der Waals surface area contributed by atoms with E-state index in [0.717, 1.165) is 5.56 Å². The molecule has 0 aliphatic carbocycles. The predicted octanol–water partition coefficient (Wildman–Crippen LogP) is 2.29. The quantitative estimate of drug-likeness (QED) is 0.784. The van der Waals surface area contributed by atoms with Crippen LogP contribution in [0.15, 0.2) is 30.3 Å². The van der Waals surface area contributed by atoms with Crippen LogP contribution in [0.3, 0.4) is 0 Å². The fourth-order valence-corrected chi connectivity index (χ4v) is 1.31. The van der Waals surface area contributed by atoms with Crippen LogP contribution in [-0.4, -0.2) is 23.2 Å². The molecular formula is C15H21NO2. The zero-order valence-corrected chi connectivity index (χ0v) is 11.2. The Morgan fingerprint density at radius 3 is 2.56 bits per heavy atom. The molecule has 0 fully saturated rings. The highest BCUT2D eigenvalue weighted by Gasteiger charge is 2.17. The van der Waals surface area contributed by atoms with Crippen molar-refractivity contribution in [3.05, 3.63) is 41.5 Å². The summed E-state index contributed by atoms with van der Waals surface area (Å²) in [5.41, 5.74) is 1.33. The molecule has 0 radical (unpaired) electrons. The maximum absolute atomic E-state index is 11.5. The van der Waals surface area contributed by atoms with Gasteiger partial charge >= 0.3 is 0 Å². The van der Waals surface area contributed by atoms with Crippen LogP contribution in [0.2, 0.25) is 0 Å². The molecule has 18 heavy (non-hydrogen) atoms. The average molecular weight is 247 g/mol. The largest absolute Gasteiger partial charge is 0.388 e. The monoisotopic (exact) mass is 247 g/mol. The Kier molecular flexibility index (Phi) is 5.10. The Balaban J connectivity index is 2.47. The number of benzene rings is 1. The van der Waals surface area contributed by atoms with Gasteiger partial charge in [0.15, 0.2) is 0 Å². The van der Waals surface area contributed by atoms with Gasteiger partial charge in [0.25, 0.3) is 0 Å². The summed E-state index contributed by atoms with van der Waals surface area (Å²) >= 11 is 0. The lowest BCUT2D eigenvalue weighted by atomic mass is 10.0. The van der Waals surface area contributed by atoms with Crippen LogP contribution in [0, 0.1) is 6.92 Å². The molecule has 0 saturated heterocycles. The first kappa shape index (κ1) is 14.5. The van der Waals surface area contributed by atoms with Crippen LogP contribution in [-0.2, 0) is 4.79 Å². The highest BCUT2D eigenvalue weighted by molar-refractivity contribution is 5.91. The van der Waals surface area contributed by atoms with Gasteiger partial charge < -0.3 is 10.4 Å². The topological polar surface area (TPSA) is 49.3 Å². The van der Waals surface area contributed by atoms with E-state index in [1.54, 1.807) is 13.0 Å². The van der Waals surface area contributed by atoms with Gasteiger partial charge in [-0.3, -0.25) is 4.79 Å². The van der Waals surface area contributed by atoms with Crippen molar-refractivity contribution in [2.75, 3.05) is 6.54 Å². The molecule has 0 aliphatic rings. The lowest BCUT2D eigenvalue weighted by molar-refractivity contribution is -0.117. The minimum Gasteiger partial charge on any atom is -0.388 e. The molecule has 3 nitrogen and oxygen atoms in total. The van der Waals surface area contributed by atoms with E-state index in [1.807, 2.05) is 38.1 Å². The summed E-state index contributed by atoms with van der Waals surface area (Å²) in [6, 6.07) is 7.92. The normalized spacial score (nSPS) is 14.4. The van der Waals surface area contributed by atoms with Gasteiger partial charge in [0.1, 0.15) is 0 Å². The second-order valence-electron chi connectivity index (χ2n) is 4.81. The second-order valence-corrected chi connectivity index (χ2v) is 4.81. The number of hydrogen-bond acceptors (Lipinski definition) is 2. The Morgan fingerprint density at radius 2 is 2.00 bits per heavy atom. The summed E-state index contributed by atoms with van der Waals surface area (Å²) < 4.78 is 0. The number of rotatable bonds is 5. The van der Waals surface area contributed by atoms with Gasteiger partial charge in [-0.1, -0.05) is 36.8 Å². The number of amides is 1. The van der Waals surface area contributed by atoms with E-state index < -0.39 is 5.60 Å². The summed E-state index contributed by atoms with van der Waals surface area (Å²) in [6.45, 7) is 5.87. The molecule has 0 bridgehead atoms. The standard InChI is InChI=1S/C15H21NO2/c1-4-15(3,18)11-16-14(17)10-9-13-7-5-12(2)6-8-13/h5-10,18H,4,11H2,1-3H3,(H,16,17). The zero-order chi connectivity index (χ0) is 13.6. The maximum Gasteiger partial charge on any atom is 0.244 e. The van der Waals surface area contributed by atoms with Crippen molar-refractivity contribution in [1.82, 2.24) is 5.32 Å². The molecule has 3 heteroatoms. The molecule has 1 aromatic carbocycles. The molecular weight excluding hydrogens is 226 g/mol. The minimum absolute atomic E-state index is 0.190. The summed E-state index contributed by atoms with van der Waals surface area (Å²) in [4.78, 5) is 11.5. The van der Waals surface area contributed by atoms with Crippen molar-refractivity contribution in [1.29, 1.82) is 0 Å². The Labute approximate surface area is 109 Å². The number of carbonyl (C=O) groups is 1. The van der Waals surface area contributed by atoms with E-state index in [-0.39, 0.29) is 12.5 Å². The molecule has 0 aliphatic heterocycles. The first-order valence-electron chi connectivity index (χ1n) is 6.18. The van der Waals surface area contributed by atoms with Gasteiger partial charge in [0.2, 0.25) is 5.91 Å². The minimum atomic E-state index is -0.840. The van der Waals surface area contributed by atoms with Crippen molar-refractivity contribution >= 4 is 12.0 Å². The smallest absolute Gasteiger partial charge is 0.244 e. The predicted molar refractivity (Wildman–Crippen MR) is 74.1 cm³/mol. The van der Waals surface area contributed by atoms with Gasteiger partial charge in [-0.25, -0.2) is 0 Å². The van der Waals surface area contributed by atoms with E-state index in [0.29, 0.717) is 6.42 Å². The lowest BCUT2D eigenvalue weighted by Gasteiger charge is -2.20. The molecule has 1 rings (SSSR count). The summed E-state index contributed by atoms with van der Waals surface area (Å²) in [5, 5.41) is 12.4. The van der Waals surface area contributed by atoms with E-state index in [9.17, 15) is 9.90 Å². The number of hydrogen-bond donors (Lipinski definition) is 2. The average Bonchev–Trinajstić information content (AvgIpc) is 2.36. The Bertz CT molecular complexity index is 419. The zero-order valence-electron chi connectivity index (χ0n) is 11.2. The van der Waals surface area contributed by atoms with Crippen LogP contribution < -0.4 is 5.32 Å². The van der Waals surface area contributed by atoms with Gasteiger partial charge in [-0.2, -0.15) is 0 Å². The van der Waals surface area contributed by atoms with Gasteiger partial charge in [0.05, 0.1) is 5.60 Å². The third-order valence-corrected chi connectivity index (χ3v) is 2.91. The van der Waals surface area contributed by atoms with E-state index in [2.05, 4.69) is 5.32 Å². The van der Waals surface area contributed by atoms with Gasteiger partial charge in [-0.15, -0.1) is 0 Å². The van der Waals surface area contributed by atoms with Crippen LogP contribution in [0.25, 0.3) is 6.08 Å². The van der Waals surface area contributed by atoms with Crippen LogP contribution >= 0.6 is 0 Å². The molecule has 1 amide bonds. The van der Waals surface area contributed by atoms with Crippen LogP contribution in [0.5, 0.6) is 0 Å². The first-order chi connectivity index (χ1) is 8.43. The van der Waals surface area contributed by atoms with Gasteiger partial charge in [-0.05, 0) is 31.9 Å². The van der Waals surface area contributed by atoms with Crippen molar-refractivity contribution in [3.63, 3.8) is 0 Å². The van der Waals surface area contributed by atoms with Crippen LogP contribution in [0.1, 0.15) is 31.4 Å². The first-order valence-corrected chi connectivity index (χ1v) is 6.18. The number of carbonyl (C=O) groups excluding carboxylic acids is 1. The van der Waals surface area contributed by atoms with Crippen LogP contribution in [0.4, 0.5) is 0 Å². The molecule has 98 valence electrons. The fourth-order valence-electron chi connectivity index (χ4n) is 1.31. The Morgan fingerprint density at radius 1 is 1.39 bits per heavy atom. The molecule has 0 saturated carbocycles. The van der Waals surface area contributed by atoms with Crippen molar-refractivity contribution in [3.8, 4) is 0 Å². The highest BCUT2D eigenvalue weighted by atomic mass is 16.3.